The Labute approximate surface area is 108 Å². The fourth-order valence-corrected chi connectivity index (χ4v) is 1.64. The third-order valence-corrected chi connectivity index (χ3v) is 2.83. The Morgan fingerprint density at radius 3 is 2.72 bits per heavy atom. The lowest BCUT2D eigenvalue weighted by molar-refractivity contribution is -0.120. The summed E-state index contributed by atoms with van der Waals surface area (Å²) in [4.78, 5) is 11.7. The molecule has 4 nitrogen and oxygen atoms in total. The molecule has 0 heterocycles. The second kappa shape index (κ2) is 6.40. The number of aliphatic hydroxyl groups excluding tert-OH is 1. The quantitative estimate of drug-likeness (QED) is 0.717. The minimum Gasteiger partial charge on any atom is -0.508 e. The molecule has 0 saturated heterocycles. The van der Waals surface area contributed by atoms with Gasteiger partial charge >= 0.3 is 0 Å². The molecule has 0 atom stereocenters. The molecule has 100 valence electrons. The Hall–Kier alpha value is -1.55. The van der Waals surface area contributed by atoms with Crippen LogP contribution in [-0.2, 0) is 11.2 Å². The average molecular weight is 251 g/mol. The second-order valence-electron chi connectivity index (χ2n) is 5.26. The van der Waals surface area contributed by atoms with Crippen molar-refractivity contribution in [2.24, 2.45) is 5.41 Å². The molecule has 0 aromatic heterocycles. The first-order chi connectivity index (χ1) is 8.43. The zero-order valence-electron chi connectivity index (χ0n) is 10.9. The Kier molecular flexibility index (Phi) is 5.16. The smallest absolute Gasteiger partial charge is 0.224 e. The highest BCUT2D eigenvalue weighted by Crippen LogP contribution is 2.18. The third kappa shape index (κ3) is 5.19. The number of amides is 1. The van der Waals surface area contributed by atoms with Gasteiger partial charge in [0.2, 0.25) is 5.91 Å². The molecular formula is C14H21NO3. The number of carbonyl (C=O) groups excluding carboxylic acids is 1. The van der Waals surface area contributed by atoms with E-state index in [1.807, 2.05) is 13.8 Å². The molecule has 0 aliphatic heterocycles. The zero-order chi connectivity index (χ0) is 13.6. The van der Waals surface area contributed by atoms with E-state index in [0.717, 1.165) is 5.56 Å². The van der Waals surface area contributed by atoms with Crippen LogP contribution in [0.4, 0.5) is 0 Å². The van der Waals surface area contributed by atoms with Crippen LogP contribution in [0.3, 0.4) is 0 Å². The van der Waals surface area contributed by atoms with Crippen LogP contribution in [0, 0.1) is 5.41 Å². The summed E-state index contributed by atoms with van der Waals surface area (Å²) in [7, 11) is 0. The molecule has 1 aromatic rings. The van der Waals surface area contributed by atoms with Crippen molar-refractivity contribution in [3.63, 3.8) is 0 Å². The molecule has 0 saturated carbocycles. The van der Waals surface area contributed by atoms with E-state index in [9.17, 15) is 9.90 Å². The summed E-state index contributed by atoms with van der Waals surface area (Å²) >= 11 is 0. The molecular weight excluding hydrogens is 230 g/mol. The number of carbonyl (C=O) groups is 1. The number of hydrogen-bond donors (Lipinski definition) is 3. The molecule has 18 heavy (non-hydrogen) atoms. The molecule has 1 aromatic carbocycles. The summed E-state index contributed by atoms with van der Waals surface area (Å²) in [6.45, 7) is 4.65. The first kappa shape index (κ1) is 14.5. The molecule has 0 bridgehead atoms. The number of hydrogen-bond acceptors (Lipinski definition) is 3. The van der Waals surface area contributed by atoms with Crippen LogP contribution >= 0.6 is 0 Å². The van der Waals surface area contributed by atoms with Gasteiger partial charge in [0.05, 0.1) is 6.42 Å². The van der Waals surface area contributed by atoms with E-state index in [0.29, 0.717) is 13.0 Å². The third-order valence-electron chi connectivity index (χ3n) is 2.83. The summed E-state index contributed by atoms with van der Waals surface area (Å²) < 4.78 is 0. The van der Waals surface area contributed by atoms with E-state index in [1.165, 1.54) is 0 Å². The van der Waals surface area contributed by atoms with Gasteiger partial charge in [-0.05, 0) is 29.5 Å². The van der Waals surface area contributed by atoms with Gasteiger partial charge in [-0.25, -0.2) is 0 Å². The summed E-state index contributed by atoms with van der Waals surface area (Å²) in [5, 5.41) is 21.0. The van der Waals surface area contributed by atoms with Crippen LogP contribution in [0.1, 0.15) is 25.8 Å². The fourth-order valence-electron chi connectivity index (χ4n) is 1.64. The van der Waals surface area contributed by atoms with Crippen molar-refractivity contribution in [3.8, 4) is 5.75 Å². The lowest BCUT2D eigenvalue weighted by Crippen LogP contribution is -2.35. The standard InChI is InChI=1S/C14H21NO3/c1-14(2,6-7-16)10-15-13(18)9-11-4-3-5-12(17)8-11/h3-5,8,16-17H,6-7,9-10H2,1-2H3,(H,15,18). The Morgan fingerprint density at radius 1 is 1.39 bits per heavy atom. The maximum atomic E-state index is 11.7. The van der Waals surface area contributed by atoms with Crippen LogP contribution in [0.5, 0.6) is 5.75 Å². The average Bonchev–Trinajstić information content (AvgIpc) is 2.26. The summed E-state index contributed by atoms with van der Waals surface area (Å²) in [5.74, 6) is 0.0903. The number of nitrogens with one attached hydrogen (secondary N) is 1. The molecule has 0 spiro atoms. The summed E-state index contributed by atoms with van der Waals surface area (Å²) in [6, 6.07) is 6.68. The molecule has 1 rings (SSSR count). The van der Waals surface area contributed by atoms with Crippen LogP contribution in [-0.4, -0.2) is 29.3 Å². The van der Waals surface area contributed by atoms with Gasteiger partial charge in [-0.3, -0.25) is 4.79 Å². The fraction of sp³-hybridized carbons (Fsp3) is 0.500. The van der Waals surface area contributed by atoms with Crippen molar-refractivity contribution < 1.29 is 15.0 Å². The number of aromatic hydroxyl groups is 1. The number of rotatable bonds is 6. The topological polar surface area (TPSA) is 69.6 Å². The van der Waals surface area contributed by atoms with Gasteiger partial charge in [-0.2, -0.15) is 0 Å². The molecule has 0 fully saturated rings. The Balaban J connectivity index is 2.43. The molecule has 0 radical (unpaired) electrons. The number of phenolic OH excluding ortho intramolecular Hbond substituents is 1. The lowest BCUT2D eigenvalue weighted by Gasteiger charge is -2.23. The van der Waals surface area contributed by atoms with Crippen molar-refractivity contribution in [1.29, 1.82) is 0 Å². The highest BCUT2D eigenvalue weighted by Gasteiger charge is 2.18. The van der Waals surface area contributed by atoms with Gasteiger partial charge in [0, 0.05) is 13.2 Å². The maximum absolute atomic E-state index is 11.7. The van der Waals surface area contributed by atoms with E-state index in [-0.39, 0.29) is 30.1 Å². The van der Waals surface area contributed by atoms with Gasteiger partial charge in [0.1, 0.15) is 5.75 Å². The van der Waals surface area contributed by atoms with E-state index in [1.54, 1.807) is 24.3 Å². The zero-order valence-corrected chi connectivity index (χ0v) is 10.9. The summed E-state index contributed by atoms with van der Waals surface area (Å²) in [6.07, 6.45) is 0.906. The van der Waals surface area contributed by atoms with Crippen LogP contribution < -0.4 is 5.32 Å². The number of phenols is 1. The van der Waals surface area contributed by atoms with E-state index in [2.05, 4.69) is 5.32 Å². The van der Waals surface area contributed by atoms with Crippen molar-refractivity contribution in [2.75, 3.05) is 13.2 Å². The second-order valence-corrected chi connectivity index (χ2v) is 5.26. The Morgan fingerprint density at radius 2 is 2.11 bits per heavy atom. The predicted molar refractivity (Wildman–Crippen MR) is 70.3 cm³/mol. The highest BCUT2D eigenvalue weighted by atomic mass is 16.3. The van der Waals surface area contributed by atoms with E-state index in [4.69, 9.17) is 5.11 Å². The number of aliphatic hydroxyl groups is 1. The predicted octanol–water partition coefficient (Wildman–Crippen LogP) is 1.46. The first-order valence-electron chi connectivity index (χ1n) is 6.08. The first-order valence-corrected chi connectivity index (χ1v) is 6.08. The summed E-state index contributed by atoms with van der Waals surface area (Å²) in [5.41, 5.74) is 0.677. The Bertz CT molecular complexity index is 402. The van der Waals surface area contributed by atoms with E-state index < -0.39 is 0 Å². The lowest BCUT2D eigenvalue weighted by atomic mass is 9.89. The molecule has 3 N–H and O–H groups in total. The molecule has 1 amide bonds. The van der Waals surface area contributed by atoms with Gasteiger partial charge in [-0.15, -0.1) is 0 Å². The molecule has 0 aliphatic rings. The van der Waals surface area contributed by atoms with Crippen molar-refractivity contribution >= 4 is 5.91 Å². The molecule has 0 aliphatic carbocycles. The molecule has 4 heteroatoms. The normalized spacial score (nSPS) is 11.3. The van der Waals surface area contributed by atoms with Gasteiger partial charge in [0.15, 0.2) is 0 Å². The van der Waals surface area contributed by atoms with Crippen LogP contribution in [0.15, 0.2) is 24.3 Å². The van der Waals surface area contributed by atoms with Crippen molar-refractivity contribution in [1.82, 2.24) is 5.32 Å². The number of benzene rings is 1. The van der Waals surface area contributed by atoms with Crippen LogP contribution in [0.25, 0.3) is 0 Å². The van der Waals surface area contributed by atoms with Crippen molar-refractivity contribution in [3.05, 3.63) is 29.8 Å². The minimum absolute atomic E-state index is 0.0772. The van der Waals surface area contributed by atoms with Crippen LogP contribution in [0.2, 0.25) is 0 Å². The largest absolute Gasteiger partial charge is 0.508 e. The SMILES string of the molecule is CC(C)(CCO)CNC(=O)Cc1cccc(O)c1. The van der Waals surface area contributed by atoms with E-state index >= 15 is 0 Å². The van der Waals surface area contributed by atoms with Gasteiger partial charge in [-0.1, -0.05) is 26.0 Å². The molecule has 0 unspecified atom stereocenters. The van der Waals surface area contributed by atoms with Crippen molar-refractivity contribution in [2.45, 2.75) is 26.7 Å². The highest BCUT2D eigenvalue weighted by molar-refractivity contribution is 5.78. The minimum atomic E-state index is -0.108. The van der Waals surface area contributed by atoms with Gasteiger partial charge < -0.3 is 15.5 Å². The monoisotopic (exact) mass is 251 g/mol. The maximum Gasteiger partial charge on any atom is 0.224 e. The van der Waals surface area contributed by atoms with Gasteiger partial charge in [0.25, 0.3) is 0 Å².